The summed E-state index contributed by atoms with van der Waals surface area (Å²) < 4.78 is 5.07. The van der Waals surface area contributed by atoms with Crippen LogP contribution in [0.15, 0.2) is 23.2 Å². The summed E-state index contributed by atoms with van der Waals surface area (Å²) in [4.78, 5) is 28.9. The van der Waals surface area contributed by atoms with Crippen LogP contribution in [0, 0.1) is 13.8 Å². The van der Waals surface area contributed by atoms with Crippen LogP contribution in [-0.2, 0) is 4.79 Å². The quantitative estimate of drug-likeness (QED) is 0.839. The summed E-state index contributed by atoms with van der Waals surface area (Å²) in [6, 6.07) is 1.60. The third kappa shape index (κ3) is 2.91. The molecule has 21 heavy (non-hydrogen) atoms. The fourth-order valence-corrected chi connectivity index (χ4v) is 2.10. The summed E-state index contributed by atoms with van der Waals surface area (Å²) in [6.45, 7) is 6.70. The summed E-state index contributed by atoms with van der Waals surface area (Å²) in [6.07, 6.45) is 1.48. The number of hydrogen-bond donors (Lipinski definition) is 1. The van der Waals surface area contributed by atoms with Crippen molar-refractivity contribution in [1.29, 1.82) is 0 Å². The molecule has 0 fully saturated rings. The van der Waals surface area contributed by atoms with Crippen LogP contribution >= 0.6 is 0 Å². The number of nitrogens with zero attached hydrogens (tertiary/aromatic N) is 3. The van der Waals surface area contributed by atoms with E-state index in [0.717, 1.165) is 0 Å². The molecule has 0 unspecified atom stereocenters. The molecular formula is C14H15N3O4. The zero-order chi connectivity index (χ0) is 15.6. The number of carbonyl (C=O) groups is 2. The largest absolute Gasteiger partial charge is 0.480 e. The fourth-order valence-electron chi connectivity index (χ4n) is 2.10. The van der Waals surface area contributed by atoms with Gasteiger partial charge in [0.05, 0.1) is 16.6 Å². The Bertz CT molecular complexity index is 720. The van der Waals surface area contributed by atoms with Crippen molar-refractivity contribution in [2.75, 3.05) is 13.1 Å². The molecule has 110 valence electrons. The van der Waals surface area contributed by atoms with Crippen molar-refractivity contribution in [1.82, 2.24) is 15.0 Å². The van der Waals surface area contributed by atoms with Gasteiger partial charge in [0.2, 0.25) is 0 Å². The second kappa shape index (κ2) is 5.74. The summed E-state index contributed by atoms with van der Waals surface area (Å²) in [5, 5.41) is 13.2. The highest BCUT2D eigenvalue weighted by Crippen LogP contribution is 2.23. The maximum atomic E-state index is 12.6. The molecule has 7 heteroatoms. The number of aryl methyl sites for hydroxylation is 2. The molecule has 2 aromatic heterocycles. The van der Waals surface area contributed by atoms with Crippen LogP contribution in [0.1, 0.15) is 21.7 Å². The molecule has 0 aliphatic carbocycles. The van der Waals surface area contributed by atoms with Crippen LogP contribution in [-0.4, -0.2) is 45.1 Å². The van der Waals surface area contributed by atoms with E-state index >= 15 is 0 Å². The van der Waals surface area contributed by atoms with Gasteiger partial charge in [0.1, 0.15) is 6.54 Å². The molecule has 7 nitrogen and oxygen atoms in total. The number of carboxylic acids is 1. The van der Waals surface area contributed by atoms with E-state index in [1.807, 2.05) is 0 Å². The Morgan fingerprint density at radius 1 is 1.48 bits per heavy atom. The average molecular weight is 289 g/mol. The van der Waals surface area contributed by atoms with Crippen molar-refractivity contribution >= 4 is 23.0 Å². The molecule has 1 N–H and O–H groups in total. The minimum Gasteiger partial charge on any atom is -0.480 e. The third-order valence-corrected chi connectivity index (χ3v) is 2.94. The first-order valence-corrected chi connectivity index (χ1v) is 6.29. The number of aromatic nitrogens is 2. The van der Waals surface area contributed by atoms with Gasteiger partial charge < -0.3 is 14.5 Å². The number of carbonyl (C=O) groups excluding carboxylic acids is 1. The number of amides is 1. The lowest BCUT2D eigenvalue weighted by atomic mass is 10.1. The molecule has 0 saturated heterocycles. The van der Waals surface area contributed by atoms with E-state index in [0.29, 0.717) is 22.3 Å². The fraction of sp³-hybridized carbons (Fsp3) is 0.286. The van der Waals surface area contributed by atoms with Gasteiger partial charge in [-0.3, -0.25) is 9.59 Å². The zero-order valence-corrected chi connectivity index (χ0v) is 11.8. The molecule has 0 spiro atoms. The standard InChI is InChI=1S/C14H15N3O4/c1-4-5-17(7-11(18)19)14(20)10-6-8(2)15-13-12(10)9(3)16-21-13/h4,6H,1,5,7H2,2-3H3,(H,18,19). The number of pyridine rings is 1. The predicted octanol–water partition coefficient (Wildman–Crippen LogP) is 1.55. The number of hydrogen-bond acceptors (Lipinski definition) is 5. The third-order valence-electron chi connectivity index (χ3n) is 2.94. The van der Waals surface area contributed by atoms with Gasteiger partial charge >= 0.3 is 5.97 Å². The van der Waals surface area contributed by atoms with Crippen molar-refractivity contribution in [2.24, 2.45) is 0 Å². The Labute approximate surface area is 120 Å². The average Bonchev–Trinajstić information content (AvgIpc) is 2.77. The Morgan fingerprint density at radius 2 is 2.19 bits per heavy atom. The van der Waals surface area contributed by atoms with Crippen molar-refractivity contribution in [3.63, 3.8) is 0 Å². The van der Waals surface area contributed by atoms with Crippen LogP contribution in [0.25, 0.3) is 11.1 Å². The minimum absolute atomic E-state index is 0.137. The van der Waals surface area contributed by atoms with Gasteiger partial charge in [0.25, 0.3) is 11.6 Å². The Hall–Kier alpha value is -2.70. The van der Waals surface area contributed by atoms with Gasteiger partial charge in [-0.05, 0) is 19.9 Å². The Balaban J connectivity index is 2.52. The van der Waals surface area contributed by atoms with Gasteiger partial charge in [-0.2, -0.15) is 0 Å². The maximum Gasteiger partial charge on any atom is 0.323 e. The van der Waals surface area contributed by atoms with E-state index < -0.39 is 18.4 Å². The smallest absolute Gasteiger partial charge is 0.323 e. The van der Waals surface area contributed by atoms with Crippen LogP contribution in [0.4, 0.5) is 0 Å². The monoisotopic (exact) mass is 289 g/mol. The molecule has 0 aliphatic heterocycles. The molecule has 0 bridgehead atoms. The van der Waals surface area contributed by atoms with Crippen LogP contribution in [0.5, 0.6) is 0 Å². The highest BCUT2D eigenvalue weighted by atomic mass is 16.5. The van der Waals surface area contributed by atoms with Gasteiger partial charge in [0, 0.05) is 12.2 Å². The lowest BCUT2D eigenvalue weighted by Gasteiger charge is -2.19. The first kappa shape index (κ1) is 14.7. The molecule has 0 radical (unpaired) electrons. The van der Waals surface area contributed by atoms with Crippen LogP contribution in [0.3, 0.4) is 0 Å². The van der Waals surface area contributed by atoms with E-state index in [1.165, 1.54) is 11.0 Å². The molecule has 0 atom stereocenters. The first-order chi connectivity index (χ1) is 9.93. The van der Waals surface area contributed by atoms with Crippen LogP contribution in [0.2, 0.25) is 0 Å². The number of aliphatic carboxylic acids is 1. The Morgan fingerprint density at radius 3 is 2.81 bits per heavy atom. The first-order valence-electron chi connectivity index (χ1n) is 6.29. The second-order valence-electron chi connectivity index (χ2n) is 4.63. The summed E-state index contributed by atoms with van der Waals surface area (Å²) in [5.41, 5.74) is 1.73. The summed E-state index contributed by atoms with van der Waals surface area (Å²) in [5.74, 6) is -1.51. The topological polar surface area (TPSA) is 96.5 Å². The van der Waals surface area contributed by atoms with Crippen molar-refractivity contribution in [2.45, 2.75) is 13.8 Å². The number of carboxylic acid groups (broad SMARTS) is 1. The van der Waals surface area contributed by atoms with Gasteiger partial charge in [-0.15, -0.1) is 6.58 Å². The van der Waals surface area contributed by atoms with Gasteiger partial charge in [0.15, 0.2) is 0 Å². The lowest BCUT2D eigenvalue weighted by Crippen LogP contribution is -2.36. The zero-order valence-electron chi connectivity index (χ0n) is 11.8. The predicted molar refractivity (Wildman–Crippen MR) is 75.0 cm³/mol. The second-order valence-corrected chi connectivity index (χ2v) is 4.63. The van der Waals surface area contributed by atoms with Gasteiger partial charge in [-0.25, -0.2) is 4.98 Å². The maximum absolute atomic E-state index is 12.6. The highest BCUT2D eigenvalue weighted by Gasteiger charge is 2.23. The number of fused-ring (bicyclic) bond motifs is 1. The summed E-state index contributed by atoms with van der Waals surface area (Å²) >= 11 is 0. The van der Waals surface area contributed by atoms with E-state index in [1.54, 1.807) is 19.9 Å². The molecule has 1 amide bonds. The molecule has 0 saturated carbocycles. The highest BCUT2D eigenvalue weighted by molar-refractivity contribution is 6.06. The Kier molecular flexibility index (Phi) is 4.02. The van der Waals surface area contributed by atoms with E-state index in [4.69, 9.17) is 9.63 Å². The molecule has 2 aromatic rings. The number of rotatable bonds is 5. The molecule has 2 rings (SSSR count). The van der Waals surface area contributed by atoms with E-state index in [-0.39, 0.29) is 12.3 Å². The van der Waals surface area contributed by atoms with Gasteiger partial charge in [-0.1, -0.05) is 11.2 Å². The van der Waals surface area contributed by atoms with Crippen molar-refractivity contribution in [3.05, 3.63) is 35.7 Å². The minimum atomic E-state index is -1.09. The SMILES string of the molecule is C=CCN(CC(=O)O)C(=O)c1cc(C)nc2onc(C)c12. The van der Waals surface area contributed by atoms with Crippen molar-refractivity contribution < 1.29 is 19.2 Å². The van der Waals surface area contributed by atoms with Crippen molar-refractivity contribution in [3.8, 4) is 0 Å². The molecule has 0 aromatic carbocycles. The molecular weight excluding hydrogens is 274 g/mol. The van der Waals surface area contributed by atoms with E-state index in [9.17, 15) is 9.59 Å². The van der Waals surface area contributed by atoms with E-state index in [2.05, 4.69) is 16.7 Å². The summed E-state index contributed by atoms with van der Waals surface area (Å²) in [7, 11) is 0. The molecule has 2 heterocycles. The lowest BCUT2D eigenvalue weighted by molar-refractivity contribution is -0.137. The molecule has 0 aliphatic rings. The van der Waals surface area contributed by atoms with Crippen LogP contribution < -0.4 is 0 Å². The normalized spacial score (nSPS) is 10.6.